The zero-order valence-corrected chi connectivity index (χ0v) is 17.2. The molecule has 4 N–H and O–H groups in total. The van der Waals surface area contributed by atoms with Crippen LogP contribution < -0.4 is 16.4 Å². The topological polar surface area (TPSA) is 88.8 Å². The number of rotatable bonds is 0. The number of nitrogens with zero attached hydrogens (tertiary/aromatic N) is 3. The summed E-state index contributed by atoms with van der Waals surface area (Å²) in [6, 6.07) is 7.86. The maximum atomic E-state index is 6.21. The summed E-state index contributed by atoms with van der Waals surface area (Å²) >= 11 is 6.21. The molecule has 2 aromatic heterocycles. The molecule has 0 spiro atoms. The van der Waals surface area contributed by atoms with Gasteiger partial charge in [-0.25, -0.2) is 4.98 Å². The monoisotopic (exact) mass is 446 g/mol. The van der Waals surface area contributed by atoms with Crippen LogP contribution in [0.15, 0.2) is 42.9 Å². The van der Waals surface area contributed by atoms with E-state index in [1.54, 1.807) is 12.4 Å². The van der Waals surface area contributed by atoms with Gasteiger partial charge in [-0.05, 0) is 48.2 Å². The number of anilines is 5. The molecule has 6 bridgehead atoms. The van der Waals surface area contributed by atoms with Crippen LogP contribution in [0.5, 0.6) is 0 Å². The summed E-state index contributed by atoms with van der Waals surface area (Å²) in [5.41, 5.74) is 10.8. The summed E-state index contributed by atoms with van der Waals surface area (Å²) in [5.74, 6) is 0.990. The van der Waals surface area contributed by atoms with Crippen LogP contribution in [-0.4, -0.2) is 15.0 Å². The van der Waals surface area contributed by atoms with Crippen molar-refractivity contribution in [1.29, 1.82) is 0 Å². The molecule has 1 aromatic carbocycles. The Labute approximate surface area is 180 Å². The van der Waals surface area contributed by atoms with Crippen LogP contribution in [-0.2, 0) is 12.8 Å². The summed E-state index contributed by atoms with van der Waals surface area (Å²) in [5, 5.41) is 6.84. The number of aromatic nitrogens is 3. The van der Waals surface area contributed by atoms with Crippen molar-refractivity contribution in [2.24, 2.45) is 0 Å². The van der Waals surface area contributed by atoms with Gasteiger partial charge in [0.25, 0.3) is 0 Å². The van der Waals surface area contributed by atoms with Crippen LogP contribution in [0.3, 0.4) is 0 Å². The van der Waals surface area contributed by atoms with Crippen molar-refractivity contribution in [3.05, 3.63) is 59.0 Å². The highest BCUT2D eigenvalue weighted by Gasteiger charge is 2.10. The third kappa shape index (κ3) is 5.26. The van der Waals surface area contributed by atoms with Crippen molar-refractivity contribution < 1.29 is 0 Å². The van der Waals surface area contributed by atoms with Crippen LogP contribution in [0, 0.1) is 0 Å². The maximum absolute atomic E-state index is 6.21. The molecule has 6 nitrogen and oxygen atoms in total. The predicted octanol–water partition coefficient (Wildman–Crippen LogP) is 4.96. The second-order valence-corrected chi connectivity index (χ2v) is 6.04. The number of nitrogens with one attached hydrogen (secondary N) is 2. The molecule has 3 heterocycles. The van der Waals surface area contributed by atoms with Crippen LogP contribution >= 0.6 is 48.8 Å². The lowest BCUT2D eigenvalue weighted by Crippen LogP contribution is -2.02. The smallest absolute Gasteiger partial charge is 0.229 e. The van der Waals surface area contributed by atoms with E-state index >= 15 is 0 Å². The largest absolute Gasteiger partial charge is 0.399 e. The number of pyridine rings is 1. The number of hydrogen-bond acceptors (Lipinski definition) is 6. The fourth-order valence-electron chi connectivity index (χ4n) is 2.65. The van der Waals surface area contributed by atoms with E-state index in [0.717, 1.165) is 41.0 Å². The maximum Gasteiger partial charge on any atom is 0.229 e. The van der Waals surface area contributed by atoms with Gasteiger partial charge in [-0.2, -0.15) is 4.98 Å². The van der Waals surface area contributed by atoms with E-state index in [9.17, 15) is 0 Å². The third-order valence-electron chi connectivity index (χ3n) is 3.88. The first-order chi connectivity index (χ1) is 11.7. The molecule has 144 valence electrons. The molecule has 0 atom stereocenters. The highest BCUT2D eigenvalue weighted by Crippen LogP contribution is 2.28. The fourth-order valence-corrected chi connectivity index (χ4v) is 2.79. The standard InChI is InChI=1S/C17H15ClN6.3ClH/c18-14-9-21-17-23-13-5-10(7-20-8-13)1-2-11-6-12(3-4-15(11)19)22-16(14)24-17;;;/h3-9H,1-2,19H2,(H2,21,22,23,24);3*1H. The number of fused-ring (bicyclic) bond motifs is 6. The minimum absolute atomic E-state index is 0. The molecule has 1 aliphatic rings. The molecule has 0 radical (unpaired) electrons. The molecule has 4 rings (SSSR count). The number of nitrogen functional groups attached to an aromatic ring is 1. The van der Waals surface area contributed by atoms with Crippen molar-refractivity contribution in [3.63, 3.8) is 0 Å². The Morgan fingerprint density at radius 2 is 1.74 bits per heavy atom. The second-order valence-electron chi connectivity index (χ2n) is 5.64. The van der Waals surface area contributed by atoms with Crippen LogP contribution in [0.4, 0.5) is 28.8 Å². The number of aryl methyl sites for hydroxylation is 2. The zero-order valence-electron chi connectivity index (χ0n) is 14.0. The minimum Gasteiger partial charge on any atom is -0.399 e. The summed E-state index contributed by atoms with van der Waals surface area (Å²) in [6.07, 6.45) is 6.83. The van der Waals surface area contributed by atoms with Gasteiger partial charge >= 0.3 is 0 Å². The molecule has 0 fully saturated rings. The Hall–Kier alpha value is -1.99. The highest BCUT2D eigenvalue weighted by atomic mass is 35.5. The normalized spacial score (nSPS) is 11.4. The predicted molar refractivity (Wildman–Crippen MR) is 118 cm³/mol. The Morgan fingerprint density at radius 3 is 2.56 bits per heavy atom. The summed E-state index contributed by atoms with van der Waals surface area (Å²) in [4.78, 5) is 12.9. The summed E-state index contributed by atoms with van der Waals surface area (Å²) in [6.45, 7) is 0. The van der Waals surface area contributed by atoms with Gasteiger partial charge in [-0.1, -0.05) is 11.6 Å². The first kappa shape index (κ1) is 23.0. The molecule has 0 amide bonds. The van der Waals surface area contributed by atoms with E-state index < -0.39 is 0 Å². The van der Waals surface area contributed by atoms with E-state index in [4.69, 9.17) is 17.3 Å². The SMILES string of the molecule is Cl.Cl.Cl.Nc1ccc2cc1CCc1cncc(c1)Nc1ncc(Cl)c(n1)N2. The van der Waals surface area contributed by atoms with Gasteiger partial charge < -0.3 is 16.4 Å². The molecule has 0 unspecified atom stereocenters. The fraction of sp³-hybridized carbons (Fsp3) is 0.118. The molecule has 10 heteroatoms. The zero-order chi connectivity index (χ0) is 16.5. The molecule has 0 saturated carbocycles. The van der Waals surface area contributed by atoms with Gasteiger partial charge in [0, 0.05) is 17.6 Å². The van der Waals surface area contributed by atoms with Crippen molar-refractivity contribution in [2.75, 3.05) is 16.4 Å². The van der Waals surface area contributed by atoms with E-state index in [2.05, 4.69) is 25.6 Å². The van der Waals surface area contributed by atoms with Gasteiger partial charge in [0.15, 0.2) is 5.82 Å². The van der Waals surface area contributed by atoms with Crippen molar-refractivity contribution >= 4 is 77.7 Å². The summed E-state index contributed by atoms with van der Waals surface area (Å²) in [7, 11) is 0. The van der Waals surface area contributed by atoms with E-state index in [-0.39, 0.29) is 37.2 Å². The first-order valence-electron chi connectivity index (χ1n) is 7.56. The summed E-state index contributed by atoms with van der Waals surface area (Å²) < 4.78 is 0. The van der Waals surface area contributed by atoms with Crippen LogP contribution in [0.25, 0.3) is 0 Å². The average molecular weight is 448 g/mol. The molecular weight excluding hydrogens is 430 g/mol. The third-order valence-corrected chi connectivity index (χ3v) is 4.16. The highest BCUT2D eigenvalue weighted by molar-refractivity contribution is 6.32. The number of nitrogens with two attached hydrogens (primary N) is 1. The van der Waals surface area contributed by atoms with Crippen molar-refractivity contribution in [2.45, 2.75) is 12.8 Å². The molecule has 27 heavy (non-hydrogen) atoms. The molecule has 0 aliphatic carbocycles. The first-order valence-corrected chi connectivity index (χ1v) is 7.94. The Morgan fingerprint density at radius 1 is 0.926 bits per heavy atom. The molecule has 1 aliphatic heterocycles. The van der Waals surface area contributed by atoms with Crippen LogP contribution in [0.2, 0.25) is 5.02 Å². The lowest BCUT2D eigenvalue weighted by molar-refractivity contribution is 0.953. The van der Waals surface area contributed by atoms with E-state index in [1.807, 2.05) is 30.5 Å². The number of hydrogen-bond donors (Lipinski definition) is 3. The molecule has 3 aromatic rings. The number of halogens is 4. The van der Waals surface area contributed by atoms with Gasteiger partial charge in [0.1, 0.15) is 5.02 Å². The molecular formula is C17H18Cl4N6. The van der Waals surface area contributed by atoms with Crippen LogP contribution in [0.1, 0.15) is 11.1 Å². The van der Waals surface area contributed by atoms with Crippen molar-refractivity contribution in [1.82, 2.24) is 15.0 Å². The van der Waals surface area contributed by atoms with Crippen molar-refractivity contribution in [3.8, 4) is 0 Å². The molecule has 0 saturated heterocycles. The Balaban J connectivity index is 0.00000121. The minimum atomic E-state index is 0. The van der Waals surface area contributed by atoms with Gasteiger partial charge in [0.2, 0.25) is 5.95 Å². The van der Waals surface area contributed by atoms with E-state index in [0.29, 0.717) is 16.8 Å². The average Bonchev–Trinajstić information content (AvgIpc) is 2.58. The Bertz CT molecular complexity index is 922. The van der Waals surface area contributed by atoms with Gasteiger partial charge in [-0.15, -0.1) is 37.2 Å². The van der Waals surface area contributed by atoms with Gasteiger partial charge in [0.05, 0.1) is 18.1 Å². The number of benzene rings is 1. The van der Waals surface area contributed by atoms with E-state index in [1.165, 1.54) is 0 Å². The quantitative estimate of drug-likeness (QED) is 0.422. The lowest BCUT2D eigenvalue weighted by atomic mass is 10.0. The Kier molecular flexibility index (Phi) is 8.37. The lowest BCUT2D eigenvalue weighted by Gasteiger charge is -2.11. The second kappa shape index (κ2) is 9.80. The van der Waals surface area contributed by atoms with Gasteiger partial charge in [-0.3, -0.25) is 4.98 Å².